The fraction of sp³-hybridized carbons (Fsp3) is 0.368. The van der Waals surface area contributed by atoms with Crippen molar-refractivity contribution in [1.82, 2.24) is 15.1 Å². The van der Waals surface area contributed by atoms with Crippen molar-refractivity contribution < 1.29 is 8.78 Å². The molecule has 1 fully saturated rings. The van der Waals surface area contributed by atoms with E-state index in [9.17, 15) is 14.0 Å². The van der Waals surface area contributed by atoms with Gasteiger partial charge in [-0.3, -0.25) is 5.10 Å². The third-order valence-electron chi connectivity index (χ3n) is 5.36. The van der Waals surface area contributed by atoms with Crippen LogP contribution in [0.1, 0.15) is 29.9 Å². The van der Waals surface area contributed by atoms with Crippen LogP contribution in [0.25, 0.3) is 0 Å². The van der Waals surface area contributed by atoms with Gasteiger partial charge in [0.05, 0.1) is 23.8 Å². The quantitative estimate of drug-likeness (QED) is 0.867. The molecule has 0 amide bonds. The van der Waals surface area contributed by atoms with E-state index in [-0.39, 0.29) is 11.5 Å². The van der Waals surface area contributed by atoms with Gasteiger partial charge in [0.25, 0.3) is 0 Å². The molecule has 1 aromatic carbocycles. The van der Waals surface area contributed by atoms with Gasteiger partial charge < -0.3 is 10.2 Å². The fourth-order valence-electron chi connectivity index (χ4n) is 3.94. The van der Waals surface area contributed by atoms with Crippen molar-refractivity contribution in [1.29, 1.82) is 5.26 Å². The first-order valence-corrected chi connectivity index (χ1v) is 8.67. The van der Waals surface area contributed by atoms with E-state index in [1.54, 1.807) is 6.20 Å². The molecule has 7 heteroatoms. The second-order valence-corrected chi connectivity index (χ2v) is 6.92. The number of piperidine rings is 1. The maximum absolute atomic E-state index is 14.6. The first-order valence-electron chi connectivity index (χ1n) is 8.67. The number of nitriles is 1. The average molecular weight is 355 g/mol. The molecule has 0 saturated carbocycles. The van der Waals surface area contributed by atoms with Crippen LogP contribution >= 0.6 is 0 Å². The molecule has 2 N–H and O–H groups in total. The third kappa shape index (κ3) is 2.67. The number of anilines is 1. The van der Waals surface area contributed by atoms with E-state index < -0.39 is 17.6 Å². The summed E-state index contributed by atoms with van der Waals surface area (Å²) in [4.78, 5) is 2.25. The Hall–Kier alpha value is -2.72. The van der Waals surface area contributed by atoms with Crippen LogP contribution in [0, 0.1) is 28.9 Å². The van der Waals surface area contributed by atoms with E-state index >= 15 is 0 Å². The van der Waals surface area contributed by atoms with Gasteiger partial charge in [0.15, 0.2) is 11.6 Å². The molecule has 2 aromatic rings. The molecule has 1 atom stereocenters. The number of nitrogens with one attached hydrogen (secondary N) is 2. The van der Waals surface area contributed by atoms with Gasteiger partial charge in [-0.1, -0.05) is 12.1 Å². The van der Waals surface area contributed by atoms with Crippen LogP contribution in [0.3, 0.4) is 0 Å². The number of hydrogen-bond acceptors (Lipinski definition) is 4. The van der Waals surface area contributed by atoms with Gasteiger partial charge in [-0.15, -0.1) is 0 Å². The summed E-state index contributed by atoms with van der Waals surface area (Å²) in [5.41, 5.74) is 2.06. The lowest BCUT2D eigenvalue weighted by molar-refractivity contribution is 0.238. The van der Waals surface area contributed by atoms with Gasteiger partial charge in [0.2, 0.25) is 0 Å². The topological polar surface area (TPSA) is 67.7 Å². The number of benzene rings is 1. The number of nitrogens with zero attached hydrogens (tertiary/aromatic N) is 3. The molecular weight excluding hydrogens is 336 g/mol. The van der Waals surface area contributed by atoms with Crippen LogP contribution in [0.4, 0.5) is 14.6 Å². The summed E-state index contributed by atoms with van der Waals surface area (Å²) in [7, 11) is 2.07. The Bertz CT molecular complexity index is 903. The summed E-state index contributed by atoms with van der Waals surface area (Å²) in [6.45, 7) is 1.87. The van der Waals surface area contributed by atoms with Crippen LogP contribution in [0.15, 0.2) is 35.7 Å². The Morgan fingerprint density at radius 1 is 1.23 bits per heavy atom. The van der Waals surface area contributed by atoms with Crippen LogP contribution in [-0.4, -0.2) is 35.2 Å². The highest BCUT2D eigenvalue weighted by atomic mass is 19.2. The minimum Gasteiger partial charge on any atom is -0.343 e. The minimum atomic E-state index is -0.915. The maximum atomic E-state index is 14.6. The first-order chi connectivity index (χ1) is 12.6. The highest BCUT2D eigenvalue weighted by molar-refractivity contribution is 5.64. The molecule has 0 bridgehead atoms. The van der Waals surface area contributed by atoms with Gasteiger partial charge in [0, 0.05) is 22.7 Å². The molecule has 5 nitrogen and oxygen atoms in total. The number of aromatic amines is 1. The molecule has 2 aliphatic rings. The predicted octanol–water partition coefficient (Wildman–Crippen LogP) is 3.36. The summed E-state index contributed by atoms with van der Waals surface area (Å²) in [5.74, 6) is -1.67. The van der Waals surface area contributed by atoms with E-state index in [1.807, 2.05) is 0 Å². The van der Waals surface area contributed by atoms with E-state index in [0.29, 0.717) is 17.0 Å². The normalized spacial score (nSPS) is 21.2. The van der Waals surface area contributed by atoms with Gasteiger partial charge in [-0.2, -0.15) is 10.4 Å². The molecule has 26 heavy (non-hydrogen) atoms. The summed E-state index contributed by atoms with van der Waals surface area (Å²) in [6, 6.07) is 6.36. The Labute approximate surface area is 150 Å². The van der Waals surface area contributed by atoms with E-state index in [0.717, 1.165) is 37.7 Å². The zero-order valence-electron chi connectivity index (χ0n) is 14.4. The Morgan fingerprint density at radius 2 is 2.00 bits per heavy atom. The molecule has 0 spiro atoms. The van der Waals surface area contributed by atoms with Gasteiger partial charge >= 0.3 is 0 Å². The SMILES string of the molecule is CN1CCC(C2=C(C#N)C(c3cccc(F)c3F)c3cn[nH]c3N2)CC1. The number of fused-ring (bicyclic) bond motifs is 1. The standard InChI is InChI=1S/C19H19F2N5/c1-26-7-5-11(6-8-26)18-13(9-22)16(14-10-23-25-19(14)24-18)12-3-2-4-15(20)17(12)21/h2-4,10-11,16H,5-8H2,1H3,(H2,23,24,25). The lowest BCUT2D eigenvalue weighted by Gasteiger charge is -2.35. The smallest absolute Gasteiger partial charge is 0.162 e. The Morgan fingerprint density at radius 3 is 2.73 bits per heavy atom. The van der Waals surface area contributed by atoms with E-state index in [4.69, 9.17) is 0 Å². The molecule has 1 aromatic heterocycles. The highest BCUT2D eigenvalue weighted by Gasteiger charge is 2.36. The number of allylic oxidation sites excluding steroid dienone is 2. The average Bonchev–Trinajstić information content (AvgIpc) is 3.11. The maximum Gasteiger partial charge on any atom is 0.162 e. The highest BCUT2D eigenvalue weighted by Crippen LogP contribution is 2.44. The summed E-state index contributed by atoms with van der Waals surface area (Å²) in [6.07, 6.45) is 3.39. The molecule has 134 valence electrons. The predicted molar refractivity (Wildman–Crippen MR) is 93.3 cm³/mol. The summed E-state index contributed by atoms with van der Waals surface area (Å²) >= 11 is 0. The van der Waals surface area contributed by atoms with Crippen molar-refractivity contribution in [2.75, 3.05) is 25.5 Å². The van der Waals surface area contributed by atoms with Crippen LogP contribution in [0.2, 0.25) is 0 Å². The molecule has 0 aliphatic carbocycles. The first kappa shape index (κ1) is 16.7. The second-order valence-electron chi connectivity index (χ2n) is 6.92. The number of rotatable bonds is 2. The lowest BCUT2D eigenvalue weighted by atomic mass is 9.79. The summed E-state index contributed by atoms with van der Waals surface area (Å²) < 4.78 is 28.4. The third-order valence-corrected chi connectivity index (χ3v) is 5.36. The number of halogens is 2. The Kier molecular flexibility index (Phi) is 4.21. The van der Waals surface area contributed by atoms with Gasteiger partial charge in [-0.25, -0.2) is 8.78 Å². The zero-order chi connectivity index (χ0) is 18.3. The van der Waals surface area contributed by atoms with E-state index in [2.05, 4.69) is 33.5 Å². The number of H-pyrrole nitrogens is 1. The fourth-order valence-corrected chi connectivity index (χ4v) is 3.94. The molecule has 4 rings (SSSR count). The van der Waals surface area contributed by atoms with Crippen molar-refractivity contribution in [3.8, 4) is 6.07 Å². The van der Waals surface area contributed by atoms with Crippen LogP contribution in [0.5, 0.6) is 0 Å². The van der Waals surface area contributed by atoms with Crippen LogP contribution in [-0.2, 0) is 0 Å². The number of aromatic nitrogens is 2. The Balaban J connectivity index is 1.85. The van der Waals surface area contributed by atoms with Gasteiger partial charge in [-0.05, 0) is 39.0 Å². The van der Waals surface area contributed by atoms with Crippen molar-refractivity contribution in [3.05, 3.63) is 58.4 Å². The monoisotopic (exact) mass is 355 g/mol. The molecule has 1 saturated heterocycles. The molecule has 2 aliphatic heterocycles. The largest absolute Gasteiger partial charge is 0.343 e. The van der Waals surface area contributed by atoms with Crippen LogP contribution < -0.4 is 5.32 Å². The minimum absolute atomic E-state index is 0.163. The number of hydrogen-bond donors (Lipinski definition) is 2. The van der Waals surface area contributed by atoms with E-state index in [1.165, 1.54) is 12.1 Å². The molecule has 1 unspecified atom stereocenters. The second kappa shape index (κ2) is 6.54. The summed E-state index contributed by atoms with van der Waals surface area (Å²) in [5, 5.41) is 20.1. The van der Waals surface area contributed by atoms with Crippen molar-refractivity contribution in [2.24, 2.45) is 5.92 Å². The zero-order valence-corrected chi connectivity index (χ0v) is 14.4. The molecule has 3 heterocycles. The number of likely N-dealkylation sites (tertiary alicyclic amines) is 1. The van der Waals surface area contributed by atoms with Gasteiger partial charge in [0.1, 0.15) is 5.82 Å². The molecule has 0 radical (unpaired) electrons. The molecular formula is C19H19F2N5. The lowest BCUT2D eigenvalue weighted by Crippen LogP contribution is -2.34. The van der Waals surface area contributed by atoms with Crippen molar-refractivity contribution >= 4 is 5.82 Å². The van der Waals surface area contributed by atoms with Crippen molar-refractivity contribution in [3.63, 3.8) is 0 Å². The van der Waals surface area contributed by atoms with Crippen molar-refractivity contribution in [2.45, 2.75) is 18.8 Å².